The number of rotatable bonds is 33. The number of hydrogen-bond acceptors (Lipinski definition) is 21. The van der Waals surface area contributed by atoms with E-state index in [0.29, 0.717) is 84.0 Å². The van der Waals surface area contributed by atoms with E-state index in [1.54, 1.807) is 0 Å². The molecule has 2 fully saturated rings. The lowest BCUT2D eigenvalue weighted by Crippen LogP contribution is -2.70. The molecule has 0 saturated carbocycles. The number of carbonyl (C=O) groups excluding carboxylic acids is 7. The number of nitrogens with one attached hydrogen (secondary N) is 8. The third-order valence-electron chi connectivity index (χ3n) is 12.2. The lowest BCUT2D eigenvalue weighted by Gasteiger charge is -2.44. The predicted octanol–water partition coefficient (Wildman–Crippen LogP) is -7.30. The van der Waals surface area contributed by atoms with Gasteiger partial charge in [0.25, 0.3) is 0 Å². The molecule has 0 radical (unpaired) electrons. The molecule has 3 aliphatic heterocycles. The summed E-state index contributed by atoms with van der Waals surface area (Å²) in [4.78, 5) is 90.6. The first-order chi connectivity index (χ1) is 33.8. The number of primary amides is 1. The molecule has 0 spiro atoms. The minimum Gasteiger partial charge on any atom is -0.441 e. The Morgan fingerprint density at radius 1 is 0.690 bits per heavy atom. The Morgan fingerprint density at radius 3 is 1.51 bits per heavy atom. The highest BCUT2D eigenvalue weighted by atomic mass is 16.6. The van der Waals surface area contributed by atoms with Crippen molar-refractivity contribution in [2.45, 2.75) is 175 Å². The van der Waals surface area contributed by atoms with Gasteiger partial charge in [0.2, 0.25) is 35.4 Å². The highest BCUT2D eigenvalue weighted by molar-refractivity contribution is 5.93. The molecule has 406 valence electrons. The molecule has 3 heterocycles. The predicted molar refractivity (Wildman–Crippen MR) is 259 cm³/mol. The van der Waals surface area contributed by atoms with Crippen LogP contribution in [0.25, 0.3) is 0 Å². The Balaban J connectivity index is 1.24. The van der Waals surface area contributed by atoms with E-state index in [0.717, 1.165) is 6.42 Å². The zero-order valence-corrected chi connectivity index (χ0v) is 40.6. The fourth-order valence-electron chi connectivity index (χ4n) is 8.32. The number of ether oxygens (including phenoxy) is 2. The van der Waals surface area contributed by atoms with Crippen LogP contribution < -0.4 is 82.7 Å². The first-order valence-electron chi connectivity index (χ1n) is 24.6. The summed E-state index contributed by atoms with van der Waals surface area (Å²) in [6.45, 7) is 1.29. The minimum absolute atomic E-state index is 0.00440. The maximum atomic E-state index is 13.2. The van der Waals surface area contributed by atoms with Crippen LogP contribution in [0, 0.1) is 0 Å². The van der Waals surface area contributed by atoms with Crippen LogP contribution in [-0.4, -0.2) is 188 Å². The SMILES string of the molecule is NCCC[C@H](N)CC(=O)NCCC[C@H](N)CC(=O)NCCC[C@H](N)CC(=O)NCCC[C@H](N)CC(=O)NCCC[C@H](N)CC(=O)N[C@@H]1[C@@H](O)[C@H](OC(N)=O)[C@@H](CO)O[C@H]1NC1=N[C@@H]2C(=O)NC[C@@H](O)[C@H]2N1. The number of nitrogens with two attached hydrogens (primary N) is 7. The highest BCUT2D eigenvalue weighted by Gasteiger charge is 2.49. The van der Waals surface area contributed by atoms with E-state index < -0.39 is 91.4 Å². The van der Waals surface area contributed by atoms with Crippen LogP contribution >= 0.6 is 0 Å². The van der Waals surface area contributed by atoms with Gasteiger partial charge in [0, 0.05) is 95.0 Å². The van der Waals surface area contributed by atoms with E-state index >= 15 is 0 Å². The van der Waals surface area contributed by atoms with Crippen LogP contribution in [0.4, 0.5) is 4.79 Å². The molecule has 28 nitrogen and oxygen atoms in total. The average Bonchev–Trinajstić information content (AvgIpc) is 3.74. The molecule has 25 N–H and O–H groups in total. The first-order valence-corrected chi connectivity index (χ1v) is 24.6. The van der Waals surface area contributed by atoms with Crippen LogP contribution in [0.2, 0.25) is 0 Å². The van der Waals surface area contributed by atoms with Crippen molar-refractivity contribution in [2.24, 2.45) is 45.1 Å². The van der Waals surface area contributed by atoms with Crippen molar-refractivity contribution in [3.63, 3.8) is 0 Å². The molecule has 28 heteroatoms. The third-order valence-corrected chi connectivity index (χ3v) is 12.2. The second-order valence-electron chi connectivity index (χ2n) is 18.5. The van der Waals surface area contributed by atoms with Gasteiger partial charge in [0.05, 0.1) is 18.8 Å². The number of carbonyl (C=O) groups is 7. The van der Waals surface area contributed by atoms with Gasteiger partial charge in [0.15, 0.2) is 24.3 Å². The lowest BCUT2D eigenvalue weighted by atomic mass is 9.95. The van der Waals surface area contributed by atoms with Crippen LogP contribution in [-0.2, 0) is 38.2 Å². The lowest BCUT2D eigenvalue weighted by molar-refractivity contribution is -0.198. The van der Waals surface area contributed by atoms with Crippen molar-refractivity contribution in [3.05, 3.63) is 0 Å². The average molecular weight is 1020 g/mol. The van der Waals surface area contributed by atoms with Crippen molar-refractivity contribution >= 4 is 47.5 Å². The number of aliphatic hydroxyl groups is 3. The topological polar surface area (TPSA) is 489 Å². The number of aliphatic hydroxyl groups excluding tert-OH is 3. The molecule has 0 aromatic heterocycles. The Bertz CT molecular complexity index is 1740. The van der Waals surface area contributed by atoms with Gasteiger partial charge in [0.1, 0.15) is 18.2 Å². The summed E-state index contributed by atoms with van der Waals surface area (Å²) in [6.07, 6.45) is -2.02. The second kappa shape index (κ2) is 32.1. The minimum atomic E-state index is -1.65. The van der Waals surface area contributed by atoms with Crippen LogP contribution in [0.15, 0.2) is 4.99 Å². The maximum Gasteiger partial charge on any atom is 0.404 e. The number of β-amino-alcohol motifs (C(OH)–C–C–N with tert-alkyl or cyclic N) is 1. The van der Waals surface area contributed by atoms with Gasteiger partial charge in [-0.15, -0.1) is 0 Å². The van der Waals surface area contributed by atoms with Crippen LogP contribution in [0.1, 0.15) is 96.3 Å². The number of piperidine rings is 1. The Hall–Kier alpha value is -5.04. The largest absolute Gasteiger partial charge is 0.441 e. The molecule has 0 aromatic carbocycles. The van der Waals surface area contributed by atoms with Crippen molar-refractivity contribution in [3.8, 4) is 0 Å². The number of aliphatic imine (C=N–C) groups is 1. The zero-order valence-electron chi connectivity index (χ0n) is 40.6. The number of nitrogens with zero attached hydrogens (tertiary/aromatic N) is 1. The molecule has 0 unspecified atom stereocenters. The smallest absolute Gasteiger partial charge is 0.404 e. The van der Waals surface area contributed by atoms with E-state index in [1.807, 2.05) is 0 Å². The Labute approximate surface area is 413 Å². The monoisotopic (exact) mass is 1010 g/mol. The molecular formula is C43H82N16O12. The Kier molecular flexibility index (Phi) is 27.3. The second-order valence-corrected chi connectivity index (χ2v) is 18.5. The normalized spacial score (nSPS) is 24.8. The van der Waals surface area contributed by atoms with Gasteiger partial charge >= 0.3 is 6.09 Å². The molecule has 3 rings (SSSR count). The standard InChI is InChI=1S/C43H82N16O12/c44-11-1-6-23(45)16-30(62)51-12-2-7-24(46)17-31(63)52-13-3-8-25(47)18-32(64)53-14-4-9-26(48)19-33(65)54-15-5-10-27(49)20-34(66)56-37-38(67)39(71-42(50)69)29(22-60)70-41(37)59-43-57-35-28(61)21-55-40(68)36(35)58-43/h23-29,35-39,41,60-61,67H,1-22,44-49H2,(H2,50,69)(H,51,62)(H,52,63)(H,53,64)(H,54,65)(H,55,68)(H,56,66)(H2,57,58,59)/t23-,24-,25-,26-,27-,28+,29+,35+,36-,37+,38+,39+,41+/m0/s1. The summed E-state index contributed by atoms with van der Waals surface area (Å²) < 4.78 is 10.9. The van der Waals surface area contributed by atoms with Gasteiger partial charge in [-0.1, -0.05) is 0 Å². The Morgan fingerprint density at radius 2 is 1.11 bits per heavy atom. The number of fused-ring (bicyclic) bond motifs is 1. The summed E-state index contributed by atoms with van der Waals surface area (Å²) >= 11 is 0. The molecule has 2 saturated heterocycles. The van der Waals surface area contributed by atoms with Gasteiger partial charge in [-0.25, -0.2) is 9.79 Å². The summed E-state index contributed by atoms with van der Waals surface area (Å²) in [7, 11) is 0. The summed E-state index contributed by atoms with van der Waals surface area (Å²) in [5.41, 5.74) is 41.2. The quantitative estimate of drug-likeness (QED) is 0.0272. The van der Waals surface area contributed by atoms with Gasteiger partial charge < -0.3 is 107 Å². The van der Waals surface area contributed by atoms with Crippen LogP contribution in [0.3, 0.4) is 0 Å². The molecule has 3 aliphatic rings. The zero-order chi connectivity index (χ0) is 52.5. The number of hydrogen-bond donors (Lipinski definition) is 18. The summed E-state index contributed by atoms with van der Waals surface area (Å²) in [5.74, 6) is -1.82. The molecule has 7 amide bonds. The van der Waals surface area contributed by atoms with E-state index in [2.05, 4.69) is 47.5 Å². The van der Waals surface area contributed by atoms with Crippen LogP contribution in [0.5, 0.6) is 0 Å². The number of amides is 7. The van der Waals surface area contributed by atoms with Gasteiger partial charge in [-0.05, 0) is 70.8 Å². The number of guanidine groups is 1. The van der Waals surface area contributed by atoms with Gasteiger partial charge in [-0.2, -0.15) is 0 Å². The fraction of sp³-hybridized carbons (Fsp3) is 0.814. The van der Waals surface area contributed by atoms with E-state index in [9.17, 15) is 48.9 Å². The van der Waals surface area contributed by atoms with E-state index in [-0.39, 0.29) is 86.9 Å². The molecule has 0 aromatic rings. The fourth-order valence-corrected chi connectivity index (χ4v) is 8.32. The van der Waals surface area contributed by atoms with Gasteiger partial charge in [-0.3, -0.25) is 28.8 Å². The molecule has 13 atom stereocenters. The first kappa shape index (κ1) is 60.3. The van der Waals surface area contributed by atoms with Crippen molar-refractivity contribution in [1.29, 1.82) is 0 Å². The summed E-state index contributed by atoms with van der Waals surface area (Å²) in [5, 5.41) is 53.7. The molecule has 71 heavy (non-hydrogen) atoms. The molecule has 0 bridgehead atoms. The highest BCUT2D eigenvalue weighted by Crippen LogP contribution is 2.24. The van der Waals surface area contributed by atoms with Crippen molar-refractivity contribution in [2.75, 3.05) is 45.9 Å². The summed E-state index contributed by atoms with van der Waals surface area (Å²) in [6, 6.07) is -5.13. The maximum absolute atomic E-state index is 13.2. The van der Waals surface area contributed by atoms with Crippen molar-refractivity contribution in [1.82, 2.24) is 42.5 Å². The third kappa shape index (κ3) is 22.9. The van der Waals surface area contributed by atoms with E-state index in [1.165, 1.54) is 0 Å². The van der Waals surface area contributed by atoms with E-state index in [4.69, 9.17) is 49.6 Å². The van der Waals surface area contributed by atoms with Crippen molar-refractivity contribution < 1.29 is 58.4 Å². The molecule has 0 aliphatic carbocycles. The molecular weight excluding hydrogens is 933 g/mol.